The quantitative estimate of drug-likeness (QED) is 0.289. The Morgan fingerprint density at radius 3 is 2.61 bits per heavy atom. The maximum atomic E-state index is 16.0. The predicted octanol–water partition coefficient (Wildman–Crippen LogP) is 5.60. The van der Waals surface area contributed by atoms with E-state index in [4.69, 9.17) is 16.6 Å². The third-order valence-corrected chi connectivity index (χ3v) is 7.82. The van der Waals surface area contributed by atoms with Crippen molar-refractivity contribution in [3.8, 4) is 16.9 Å². The van der Waals surface area contributed by atoms with E-state index in [1.807, 2.05) is 51.7 Å². The molecule has 1 saturated heterocycles. The monoisotopic (exact) mass is 574 g/mol. The number of aryl methyl sites for hydroxylation is 2. The fraction of sp³-hybridized carbons (Fsp3) is 0.323. The number of hydrogen-bond donors (Lipinski definition) is 0. The number of hydrogen-bond acceptors (Lipinski definition) is 6. The standard InChI is InChI=1S/C31H32ClFN6O2/c1-7-25(40)37-12-13-38(20(6)16-37)29-22-15-24(33)27(21-14-18(4)8-9-23(21)32)35-30(22)39(31(41)36-29)28-19(5)10-11-34-26(28)17(2)3/h7-11,14-15,17,20H,1,12-13,16H2,2-6H3/t20-/m0/s1. The Balaban J connectivity index is 1.82. The second-order valence-electron chi connectivity index (χ2n) is 10.8. The lowest BCUT2D eigenvalue weighted by molar-refractivity contribution is -0.126. The lowest BCUT2D eigenvalue weighted by Gasteiger charge is -2.40. The van der Waals surface area contributed by atoms with E-state index in [2.05, 4.69) is 16.5 Å². The van der Waals surface area contributed by atoms with E-state index in [0.29, 0.717) is 52.8 Å². The first-order chi connectivity index (χ1) is 19.5. The molecule has 1 fully saturated rings. The molecule has 0 saturated carbocycles. The van der Waals surface area contributed by atoms with Crippen molar-refractivity contribution < 1.29 is 9.18 Å². The lowest BCUT2D eigenvalue weighted by Crippen LogP contribution is -2.54. The molecule has 10 heteroatoms. The van der Waals surface area contributed by atoms with E-state index in [1.165, 1.54) is 16.7 Å². The van der Waals surface area contributed by atoms with Crippen LogP contribution in [-0.4, -0.2) is 56.0 Å². The molecule has 1 atom stereocenters. The van der Waals surface area contributed by atoms with E-state index < -0.39 is 11.5 Å². The fourth-order valence-corrected chi connectivity index (χ4v) is 5.63. The van der Waals surface area contributed by atoms with Crippen LogP contribution in [0.3, 0.4) is 0 Å². The van der Waals surface area contributed by atoms with Gasteiger partial charge in [0.1, 0.15) is 17.3 Å². The second kappa shape index (κ2) is 11.0. The summed E-state index contributed by atoms with van der Waals surface area (Å²) in [5.74, 6) is -0.433. The van der Waals surface area contributed by atoms with Crippen LogP contribution < -0.4 is 10.6 Å². The van der Waals surface area contributed by atoms with Crippen molar-refractivity contribution in [1.82, 2.24) is 24.4 Å². The van der Waals surface area contributed by atoms with Crippen molar-refractivity contribution in [2.24, 2.45) is 0 Å². The number of carbonyl (C=O) groups excluding carboxylic acids is 1. The van der Waals surface area contributed by atoms with E-state index in [9.17, 15) is 9.59 Å². The largest absolute Gasteiger partial charge is 0.355 e. The summed E-state index contributed by atoms with van der Waals surface area (Å²) < 4.78 is 17.4. The van der Waals surface area contributed by atoms with Gasteiger partial charge in [0.15, 0.2) is 5.65 Å². The molecule has 0 spiro atoms. The smallest absolute Gasteiger partial charge is 0.350 e. The maximum Gasteiger partial charge on any atom is 0.355 e. The van der Waals surface area contributed by atoms with Crippen LogP contribution in [0.4, 0.5) is 10.2 Å². The van der Waals surface area contributed by atoms with Crippen molar-refractivity contribution in [1.29, 1.82) is 0 Å². The van der Waals surface area contributed by atoms with Gasteiger partial charge in [-0.15, -0.1) is 0 Å². The molecule has 3 aromatic heterocycles. The molecular formula is C31H32ClFN6O2. The number of benzene rings is 1. The minimum absolute atomic E-state index is 0.00633. The van der Waals surface area contributed by atoms with Crippen molar-refractivity contribution in [2.45, 2.75) is 46.6 Å². The molecule has 8 nitrogen and oxygen atoms in total. The first kappa shape index (κ1) is 28.4. The maximum absolute atomic E-state index is 16.0. The molecule has 1 aliphatic heterocycles. The SMILES string of the molecule is C=CC(=O)N1CCN(c2nc(=O)n(-c3c(C)ccnc3C(C)C)c3nc(-c4cc(C)ccc4Cl)c(F)cc23)[C@@H](C)C1. The second-order valence-corrected chi connectivity index (χ2v) is 11.2. The number of halogens is 2. The molecule has 212 valence electrons. The third-order valence-electron chi connectivity index (χ3n) is 7.49. The Morgan fingerprint density at radius 1 is 1.17 bits per heavy atom. The van der Waals surface area contributed by atoms with Gasteiger partial charge in [-0.3, -0.25) is 9.78 Å². The van der Waals surface area contributed by atoms with Gasteiger partial charge in [-0.25, -0.2) is 18.7 Å². The molecule has 5 rings (SSSR count). The van der Waals surface area contributed by atoms with Gasteiger partial charge in [-0.1, -0.05) is 43.7 Å². The summed E-state index contributed by atoms with van der Waals surface area (Å²) in [7, 11) is 0. The van der Waals surface area contributed by atoms with Crippen molar-refractivity contribution >= 4 is 34.4 Å². The summed E-state index contributed by atoms with van der Waals surface area (Å²) >= 11 is 6.51. The van der Waals surface area contributed by atoms with Crippen molar-refractivity contribution in [3.63, 3.8) is 0 Å². The summed E-state index contributed by atoms with van der Waals surface area (Å²) in [6.07, 6.45) is 3.00. The highest BCUT2D eigenvalue weighted by Gasteiger charge is 2.30. The molecule has 1 aliphatic rings. The van der Waals surface area contributed by atoms with Crippen LogP contribution in [0.5, 0.6) is 0 Å². The Labute approximate surface area is 243 Å². The van der Waals surface area contributed by atoms with Crippen LogP contribution in [0.1, 0.15) is 43.5 Å². The molecule has 41 heavy (non-hydrogen) atoms. The zero-order chi connectivity index (χ0) is 29.6. The molecule has 4 aromatic rings. The summed E-state index contributed by atoms with van der Waals surface area (Å²) in [5.41, 5.74) is 3.16. The van der Waals surface area contributed by atoms with Crippen LogP contribution in [-0.2, 0) is 4.79 Å². The Kier molecular flexibility index (Phi) is 7.66. The lowest BCUT2D eigenvalue weighted by atomic mass is 10.0. The number of carbonyl (C=O) groups is 1. The Bertz CT molecular complexity index is 1750. The fourth-order valence-electron chi connectivity index (χ4n) is 5.42. The molecule has 0 unspecified atom stereocenters. The normalized spacial score (nSPS) is 15.6. The molecule has 1 aromatic carbocycles. The molecule has 1 amide bonds. The van der Waals surface area contributed by atoms with Gasteiger partial charge in [0, 0.05) is 37.4 Å². The molecule has 4 heterocycles. The van der Waals surface area contributed by atoms with Gasteiger partial charge in [-0.05, 0) is 62.6 Å². The highest BCUT2D eigenvalue weighted by atomic mass is 35.5. The first-order valence-electron chi connectivity index (χ1n) is 13.6. The van der Waals surface area contributed by atoms with Gasteiger partial charge in [0.05, 0.1) is 21.8 Å². The van der Waals surface area contributed by atoms with Gasteiger partial charge >= 0.3 is 5.69 Å². The zero-order valence-electron chi connectivity index (χ0n) is 23.8. The average Bonchev–Trinajstić information content (AvgIpc) is 2.94. The van der Waals surface area contributed by atoms with Gasteiger partial charge < -0.3 is 9.80 Å². The Hall–Kier alpha value is -4.11. The summed E-state index contributed by atoms with van der Waals surface area (Å²) in [4.78, 5) is 43.7. The van der Waals surface area contributed by atoms with Crippen LogP contribution in [0.15, 0.2) is 54.0 Å². The topological polar surface area (TPSA) is 84.2 Å². The first-order valence-corrected chi connectivity index (χ1v) is 13.9. The van der Waals surface area contributed by atoms with Crippen LogP contribution in [0.2, 0.25) is 5.02 Å². The minimum atomic E-state index is -0.585. The summed E-state index contributed by atoms with van der Waals surface area (Å²) in [6.45, 7) is 14.5. The van der Waals surface area contributed by atoms with E-state index in [0.717, 1.165) is 11.1 Å². The van der Waals surface area contributed by atoms with E-state index in [-0.39, 0.29) is 29.2 Å². The number of nitrogens with zero attached hydrogens (tertiary/aromatic N) is 6. The van der Waals surface area contributed by atoms with Crippen LogP contribution in [0.25, 0.3) is 28.0 Å². The minimum Gasteiger partial charge on any atom is -0.350 e. The molecule has 0 radical (unpaired) electrons. The number of rotatable bonds is 5. The van der Waals surface area contributed by atoms with E-state index >= 15 is 4.39 Å². The van der Waals surface area contributed by atoms with Crippen molar-refractivity contribution in [3.05, 3.63) is 87.3 Å². The molecular weight excluding hydrogens is 543 g/mol. The number of fused-ring (bicyclic) bond motifs is 1. The molecule has 0 aliphatic carbocycles. The highest BCUT2D eigenvalue weighted by Crippen LogP contribution is 2.35. The number of amides is 1. The van der Waals surface area contributed by atoms with Crippen molar-refractivity contribution in [2.75, 3.05) is 24.5 Å². The van der Waals surface area contributed by atoms with Gasteiger partial charge in [-0.2, -0.15) is 4.98 Å². The number of pyridine rings is 2. The molecule has 0 N–H and O–H groups in total. The third kappa shape index (κ3) is 5.10. The number of anilines is 1. The average molecular weight is 575 g/mol. The molecule has 0 bridgehead atoms. The number of aromatic nitrogens is 4. The predicted molar refractivity (Wildman–Crippen MR) is 160 cm³/mol. The highest BCUT2D eigenvalue weighted by molar-refractivity contribution is 6.33. The van der Waals surface area contributed by atoms with Crippen LogP contribution >= 0.6 is 11.6 Å². The van der Waals surface area contributed by atoms with E-state index in [1.54, 1.807) is 23.2 Å². The van der Waals surface area contributed by atoms with Gasteiger partial charge in [0.2, 0.25) is 5.91 Å². The number of piperazine rings is 1. The van der Waals surface area contributed by atoms with Gasteiger partial charge in [0.25, 0.3) is 0 Å². The summed E-state index contributed by atoms with van der Waals surface area (Å²) in [5, 5.41) is 0.726. The zero-order valence-corrected chi connectivity index (χ0v) is 24.5. The summed E-state index contributed by atoms with van der Waals surface area (Å²) in [6, 6.07) is 8.33. The van der Waals surface area contributed by atoms with Crippen LogP contribution in [0, 0.1) is 19.7 Å². The Morgan fingerprint density at radius 2 is 1.93 bits per heavy atom.